The van der Waals surface area contributed by atoms with Gasteiger partial charge in [0.1, 0.15) is 5.56 Å². The van der Waals surface area contributed by atoms with Crippen LogP contribution in [-0.4, -0.2) is 24.0 Å². The summed E-state index contributed by atoms with van der Waals surface area (Å²) >= 11 is 0. The minimum Gasteiger partial charge on any atom is -0.352 e. The second kappa shape index (κ2) is 4.24. The number of anilines is 1. The van der Waals surface area contributed by atoms with Crippen LogP contribution in [0.4, 0.5) is 5.88 Å². The minimum atomic E-state index is -0.326. The molecule has 13 heavy (non-hydrogen) atoms. The van der Waals surface area contributed by atoms with Crippen LogP contribution in [-0.2, 0) is 4.79 Å². The summed E-state index contributed by atoms with van der Waals surface area (Å²) in [5.74, 6) is -0.269. The number of nitrogens with one attached hydrogen (secondary N) is 2. The van der Waals surface area contributed by atoms with Crippen molar-refractivity contribution in [1.29, 1.82) is 0 Å². The number of carbonyl (C=O) groups excluding carboxylic acids is 2. The van der Waals surface area contributed by atoms with Crippen molar-refractivity contribution < 1.29 is 14.1 Å². The Hall–Kier alpha value is -1.85. The molecule has 2 N–H and O–H groups in total. The predicted octanol–water partition coefficient (Wildman–Crippen LogP) is -0.00740. The van der Waals surface area contributed by atoms with Crippen molar-refractivity contribution in [2.24, 2.45) is 0 Å². The summed E-state index contributed by atoms with van der Waals surface area (Å²) in [6, 6.07) is 0. The van der Waals surface area contributed by atoms with E-state index in [0.29, 0.717) is 13.0 Å². The van der Waals surface area contributed by atoms with Gasteiger partial charge in [-0.25, -0.2) is 0 Å². The molecule has 0 radical (unpaired) electrons. The molecule has 2 amide bonds. The molecule has 0 saturated heterocycles. The summed E-state index contributed by atoms with van der Waals surface area (Å²) in [6.45, 7) is 2.29. The molecular weight excluding hydrogens is 174 g/mol. The van der Waals surface area contributed by atoms with E-state index >= 15 is 0 Å². The highest BCUT2D eigenvalue weighted by Crippen LogP contribution is 2.12. The fourth-order valence-corrected chi connectivity index (χ4v) is 0.815. The number of amides is 2. The SMILES string of the molecule is CCNC(=O)c1cnoc1NC=O. The molecule has 0 spiro atoms. The third-order valence-electron chi connectivity index (χ3n) is 1.34. The van der Waals surface area contributed by atoms with Crippen molar-refractivity contribution >= 4 is 18.2 Å². The van der Waals surface area contributed by atoms with Crippen molar-refractivity contribution in [3.05, 3.63) is 11.8 Å². The van der Waals surface area contributed by atoms with Crippen LogP contribution in [0.2, 0.25) is 0 Å². The fraction of sp³-hybridized carbons (Fsp3) is 0.286. The van der Waals surface area contributed by atoms with E-state index in [1.165, 1.54) is 6.20 Å². The maximum atomic E-state index is 11.2. The molecule has 1 aromatic heterocycles. The third-order valence-corrected chi connectivity index (χ3v) is 1.34. The smallest absolute Gasteiger partial charge is 0.258 e. The molecule has 6 heteroatoms. The van der Waals surface area contributed by atoms with Crippen molar-refractivity contribution in [3.8, 4) is 0 Å². The monoisotopic (exact) mass is 183 g/mol. The third kappa shape index (κ3) is 2.05. The van der Waals surface area contributed by atoms with E-state index < -0.39 is 0 Å². The van der Waals surface area contributed by atoms with Gasteiger partial charge in [0, 0.05) is 6.54 Å². The molecule has 0 saturated carbocycles. The summed E-state index contributed by atoms with van der Waals surface area (Å²) in [7, 11) is 0. The van der Waals surface area contributed by atoms with Gasteiger partial charge in [0.2, 0.25) is 12.3 Å². The Balaban J connectivity index is 2.80. The van der Waals surface area contributed by atoms with Gasteiger partial charge in [0.15, 0.2) is 0 Å². The van der Waals surface area contributed by atoms with Gasteiger partial charge in [-0.1, -0.05) is 5.16 Å². The number of nitrogens with zero attached hydrogens (tertiary/aromatic N) is 1. The van der Waals surface area contributed by atoms with E-state index in [1.54, 1.807) is 6.92 Å². The Kier molecular flexibility index (Phi) is 3.02. The van der Waals surface area contributed by atoms with Gasteiger partial charge < -0.3 is 9.84 Å². The van der Waals surface area contributed by atoms with Crippen LogP contribution in [0.5, 0.6) is 0 Å². The van der Waals surface area contributed by atoms with Crippen molar-refractivity contribution in [1.82, 2.24) is 10.5 Å². The summed E-state index contributed by atoms with van der Waals surface area (Å²) in [6.07, 6.45) is 1.67. The summed E-state index contributed by atoms with van der Waals surface area (Å²) < 4.78 is 4.62. The predicted molar refractivity (Wildman–Crippen MR) is 44.2 cm³/mol. The number of hydrogen-bond acceptors (Lipinski definition) is 4. The molecule has 0 atom stereocenters. The Morgan fingerprint density at radius 1 is 1.77 bits per heavy atom. The second-order valence-corrected chi connectivity index (χ2v) is 2.19. The Labute approximate surface area is 74.3 Å². The van der Waals surface area contributed by atoms with E-state index in [0.717, 1.165) is 0 Å². The Morgan fingerprint density at radius 3 is 3.15 bits per heavy atom. The van der Waals surface area contributed by atoms with Crippen molar-refractivity contribution in [2.45, 2.75) is 6.92 Å². The van der Waals surface area contributed by atoms with Crippen LogP contribution in [0.25, 0.3) is 0 Å². The summed E-state index contributed by atoms with van der Waals surface area (Å²) in [4.78, 5) is 21.3. The van der Waals surface area contributed by atoms with Crippen LogP contribution in [0.1, 0.15) is 17.3 Å². The molecule has 70 valence electrons. The van der Waals surface area contributed by atoms with Gasteiger partial charge in [-0.3, -0.25) is 14.9 Å². The topological polar surface area (TPSA) is 84.2 Å². The Morgan fingerprint density at radius 2 is 2.54 bits per heavy atom. The van der Waals surface area contributed by atoms with Crippen molar-refractivity contribution in [3.63, 3.8) is 0 Å². The van der Waals surface area contributed by atoms with Gasteiger partial charge in [-0.05, 0) is 6.92 Å². The van der Waals surface area contributed by atoms with E-state index in [9.17, 15) is 9.59 Å². The number of aromatic nitrogens is 1. The molecule has 0 aliphatic heterocycles. The maximum Gasteiger partial charge on any atom is 0.258 e. The lowest BCUT2D eigenvalue weighted by Crippen LogP contribution is -2.23. The first-order valence-corrected chi connectivity index (χ1v) is 3.72. The summed E-state index contributed by atoms with van der Waals surface area (Å²) in [5, 5.41) is 8.16. The van der Waals surface area contributed by atoms with Gasteiger partial charge in [0.25, 0.3) is 5.91 Å². The normalized spacial score (nSPS) is 9.31. The summed E-state index contributed by atoms with van der Waals surface area (Å²) in [5.41, 5.74) is 0.217. The standard InChI is InChI=1S/C7H9N3O3/c1-2-8-6(12)5-3-10-13-7(5)9-4-11/h3-4H,2H2,1H3,(H,8,12)(H,9,11). The first-order chi connectivity index (χ1) is 6.29. The number of carbonyl (C=O) groups is 2. The van der Waals surface area contributed by atoms with E-state index in [-0.39, 0.29) is 17.4 Å². The zero-order valence-corrected chi connectivity index (χ0v) is 7.03. The largest absolute Gasteiger partial charge is 0.352 e. The number of hydrogen-bond donors (Lipinski definition) is 2. The van der Waals surface area contributed by atoms with Gasteiger partial charge in [-0.2, -0.15) is 0 Å². The fourth-order valence-electron chi connectivity index (χ4n) is 0.815. The van der Waals surface area contributed by atoms with E-state index in [4.69, 9.17) is 0 Å². The first-order valence-electron chi connectivity index (χ1n) is 3.72. The zero-order chi connectivity index (χ0) is 9.68. The van der Waals surface area contributed by atoms with Crippen LogP contribution in [0.15, 0.2) is 10.7 Å². The number of rotatable bonds is 4. The molecular formula is C7H9N3O3. The average Bonchev–Trinajstić information content (AvgIpc) is 2.54. The Bertz CT molecular complexity index is 308. The van der Waals surface area contributed by atoms with Crippen LogP contribution in [0, 0.1) is 0 Å². The minimum absolute atomic E-state index is 0.0564. The molecule has 0 aliphatic rings. The quantitative estimate of drug-likeness (QED) is 0.643. The van der Waals surface area contributed by atoms with Crippen LogP contribution in [0.3, 0.4) is 0 Å². The van der Waals surface area contributed by atoms with Gasteiger partial charge in [0.05, 0.1) is 6.20 Å². The molecule has 0 fully saturated rings. The molecule has 0 unspecified atom stereocenters. The maximum absolute atomic E-state index is 11.2. The van der Waals surface area contributed by atoms with Gasteiger partial charge >= 0.3 is 0 Å². The van der Waals surface area contributed by atoms with E-state index in [2.05, 4.69) is 20.3 Å². The molecule has 1 rings (SSSR count). The highest BCUT2D eigenvalue weighted by Gasteiger charge is 2.14. The lowest BCUT2D eigenvalue weighted by Gasteiger charge is -1.98. The molecule has 0 aliphatic carbocycles. The second-order valence-electron chi connectivity index (χ2n) is 2.19. The highest BCUT2D eigenvalue weighted by atomic mass is 16.5. The van der Waals surface area contributed by atoms with Gasteiger partial charge in [-0.15, -0.1) is 0 Å². The first kappa shape index (κ1) is 9.24. The average molecular weight is 183 g/mol. The van der Waals surface area contributed by atoms with Crippen LogP contribution >= 0.6 is 0 Å². The molecule has 1 heterocycles. The lowest BCUT2D eigenvalue weighted by atomic mass is 10.3. The van der Waals surface area contributed by atoms with Crippen LogP contribution < -0.4 is 10.6 Å². The molecule has 0 bridgehead atoms. The molecule has 0 aromatic carbocycles. The molecule has 1 aromatic rings. The van der Waals surface area contributed by atoms with E-state index in [1.807, 2.05) is 0 Å². The zero-order valence-electron chi connectivity index (χ0n) is 7.03. The highest BCUT2D eigenvalue weighted by molar-refractivity contribution is 5.99. The molecule has 6 nitrogen and oxygen atoms in total. The van der Waals surface area contributed by atoms with Crippen molar-refractivity contribution in [2.75, 3.05) is 11.9 Å². The lowest BCUT2D eigenvalue weighted by molar-refractivity contribution is -0.105.